The molecule has 3 nitrogen and oxygen atoms in total. The van der Waals surface area contributed by atoms with E-state index in [4.69, 9.17) is 0 Å². The minimum absolute atomic E-state index is 0. The first kappa shape index (κ1) is 15.1. The van der Waals surface area contributed by atoms with Crippen LogP contribution in [-0.4, -0.2) is 25.0 Å². The van der Waals surface area contributed by atoms with E-state index in [1.807, 2.05) is 0 Å². The Morgan fingerprint density at radius 3 is 2.53 bits per heavy atom. The third-order valence-corrected chi connectivity index (χ3v) is 1.57. The monoisotopic (exact) mass is 243 g/mol. The van der Waals surface area contributed by atoms with Crippen LogP contribution in [0.25, 0.3) is 0 Å². The minimum atomic E-state index is -5.24. The Hall–Kier alpha value is 0.111. The Labute approximate surface area is 127 Å². The van der Waals surface area contributed by atoms with Crippen molar-refractivity contribution in [2.45, 2.75) is 0 Å². The standard InChI is InChI=1S/C7H6BF3NO2.K/c1-14-7(13)6-5(8(9,10)11)3-2-4-12-6;/h2-4H,1H3;/q-1;+1. The van der Waals surface area contributed by atoms with Crippen LogP contribution in [0.5, 0.6) is 0 Å². The van der Waals surface area contributed by atoms with E-state index in [1.54, 1.807) is 0 Å². The Morgan fingerprint density at radius 1 is 1.47 bits per heavy atom. The summed E-state index contributed by atoms with van der Waals surface area (Å²) in [7, 11) is 1.00. The predicted molar refractivity (Wildman–Crippen MR) is 44.3 cm³/mol. The normalized spacial score (nSPS) is 10.4. The van der Waals surface area contributed by atoms with Gasteiger partial charge in [0.25, 0.3) is 0 Å². The molecule has 1 aromatic rings. The van der Waals surface area contributed by atoms with Gasteiger partial charge in [0.1, 0.15) is 5.69 Å². The van der Waals surface area contributed by atoms with Crippen LogP contribution in [0.15, 0.2) is 18.3 Å². The van der Waals surface area contributed by atoms with E-state index >= 15 is 0 Å². The smallest absolute Gasteiger partial charge is 0.464 e. The second kappa shape index (κ2) is 6.00. The number of carbonyl (C=O) groups excluding carboxylic acids is 1. The van der Waals surface area contributed by atoms with Crippen LogP contribution in [0.4, 0.5) is 12.9 Å². The fraction of sp³-hybridized carbons (Fsp3) is 0.143. The van der Waals surface area contributed by atoms with Crippen molar-refractivity contribution in [1.82, 2.24) is 4.98 Å². The van der Waals surface area contributed by atoms with E-state index in [2.05, 4.69) is 9.72 Å². The number of aromatic nitrogens is 1. The second-order valence-corrected chi connectivity index (χ2v) is 2.51. The Bertz CT molecular complexity index is 358. The van der Waals surface area contributed by atoms with Gasteiger partial charge in [0.05, 0.1) is 7.11 Å². The van der Waals surface area contributed by atoms with E-state index in [0.717, 1.165) is 25.4 Å². The molecule has 0 spiro atoms. The molecule has 1 aromatic heterocycles. The third kappa shape index (κ3) is 3.88. The van der Waals surface area contributed by atoms with E-state index in [0.29, 0.717) is 0 Å². The number of hydrogen-bond acceptors (Lipinski definition) is 3. The van der Waals surface area contributed by atoms with Crippen LogP contribution < -0.4 is 56.8 Å². The molecule has 1 rings (SSSR count). The van der Waals surface area contributed by atoms with E-state index in [9.17, 15) is 17.7 Å². The molecule has 1 heterocycles. The molecule has 0 N–H and O–H groups in total. The van der Waals surface area contributed by atoms with Gasteiger partial charge >= 0.3 is 64.3 Å². The Kier molecular flexibility index (Phi) is 6.04. The number of rotatable bonds is 2. The van der Waals surface area contributed by atoms with Crippen LogP contribution in [-0.2, 0) is 4.74 Å². The number of hydrogen-bond donors (Lipinski definition) is 0. The van der Waals surface area contributed by atoms with Crippen molar-refractivity contribution in [1.29, 1.82) is 0 Å². The summed E-state index contributed by atoms with van der Waals surface area (Å²) in [4.78, 5) is 14.2. The van der Waals surface area contributed by atoms with Crippen molar-refractivity contribution in [3.63, 3.8) is 0 Å². The summed E-state index contributed by atoms with van der Waals surface area (Å²) in [6.45, 7) is -5.24. The average Bonchev–Trinajstić information content (AvgIpc) is 2.15. The van der Waals surface area contributed by atoms with Gasteiger partial charge in [-0.25, -0.2) is 4.79 Å². The zero-order valence-corrected chi connectivity index (χ0v) is 11.3. The molecule has 0 aliphatic rings. The van der Waals surface area contributed by atoms with E-state index < -0.39 is 24.1 Å². The van der Waals surface area contributed by atoms with Gasteiger partial charge in [-0.3, -0.25) is 4.98 Å². The average molecular weight is 243 g/mol. The molecule has 0 fully saturated rings. The van der Waals surface area contributed by atoms with E-state index in [-0.39, 0.29) is 51.4 Å². The van der Waals surface area contributed by atoms with Crippen molar-refractivity contribution in [3.8, 4) is 0 Å². The molecular formula is C7H6BF3KNO2. The molecule has 0 saturated carbocycles. The van der Waals surface area contributed by atoms with Gasteiger partial charge < -0.3 is 17.7 Å². The Morgan fingerprint density at radius 2 is 2.07 bits per heavy atom. The SMILES string of the molecule is COC(=O)c1ncccc1[B-](F)(F)F.[K+]. The summed E-state index contributed by atoms with van der Waals surface area (Å²) >= 11 is 0. The molecule has 8 heteroatoms. The summed E-state index contributed by atoms with van der Waals surface area (Å²) in [6, 6.07) is 1.93. The number of methoxy groups -OCH3 is 1. The maximum absolute atomic E-state index is 12.4. The van der Waals surface area contributed by atoms with Crippen LogP contribution in [0.2, 0.25) is 0 Å². The largest absolute Gasteiger partial charge is 1.00 e. The van der Waals surface area contributed by atoms with Crippen LogP contribution in [0.1, 0.15) is 10.5 Å². The van der Waals surface area contributed by atoms with Crippen molar-refractivity contribution < 1.29 is 73.9 Å². The number of nitrogens with zero attached hydrogens (tertiary/aromatic N) is 1. The molecule has 0 aliphatic heterocycles. The molecule has 0 bridgehead atoms. The second-order valence-electron chi connectivity index (χ2n) is 2.51. The molecule has 76 valence electrons. The summed E-state index contributed by atoms with van der Waals surface area (Å²) < 4.78 is 41.3. The van der Waals surface area contributed by atoms with Gasteiger partial charge in [-0.15, -0.1) is 0 Å². The van der Waals surface area contributed by atoms with Crippen molar-refractivity contribution >= 4 is 18.4 Å². The van der Waals surface area contributed by atoms with Gasteiger partial charge in [-0.05, 0) is 6.07 Å². The zero-order chi connectivity index (χ0) is 10.8. The molecule has 15 heavy (non-hydrogen) atoms. The van der Waals surface area contributed by atoms with Gasteiger partial charge in [0, 0.05) is 6.20 Å². The number of halogens is 3. The summed E-state index contributed by atoms with van der Waals surface area (Å²) in [5.74, 6) is -1.08. The summed E-state index contributed by atoms with van der Waals surface area (Å²) in [6.07, 6.45) is 1.11. The van der Waals surface area contributed by atoms with Crippen molar-refractivity contribution in [2.75, 3.05) is 7.11 Å². The molecule has 0 aromatic carbocycles. The number of pyridine rings is 1. The van der Waals surface area contributed by atoms with Crippen molar-refractivity contribution in [2.24, 2.45) is 0 Å². The minimum Gasteiger partial charge on any atom is -0.464 e. The fourth-order valence-corrected chi connectivity index (χ4v) is 0.949. The van der Waals surface area contributed by atoms with Crippen LogP contribution in [0.3, 0.4) is 0 Å². The molecule has 0 saturated heterocycles. The topological polar surface area (TPSA) is 39.2 Å². The zero-order valence-electron chi connectivity index (χ0n) is 8.21. The summed E-state index contributed by atoms with van der Waals surface area (Å²) in [5, 5.41) is 0. The molecular weight excluding hydrogens is 237 g/mol. The van der Waals surface area contributed by atoms with E-state index in [1.165, 1.54) is 0 Å². The molecule has 0 amide bonds. The number of esters is 1. The van der Waals surface area contributed by atoms with Crippen LogP contribution >= 0.6 is 0 Å². The quantitative estimate of drug-likeness (QED) is 0.442. The first-order valence-electron chi connectivity index (χ1n) is 3.70. The molecule has 0 atom stereocenters. The number of ether oxygens (including phenoxy) is 1. The number of carbonyl (C=O) groups is 1. The van der Waals surface area contributed by atoms with Gasteiger partial charge in [0.2, 0.25) is 0 Å². The molecule has 0 unspecified atom stereocenters. The summed E-state index contributed by atoms with van der Waals surface area (Å²) in [5.41, 5.74) is -1.72. The molecule has 0 radical (unpaired) electrons. The maximum Gasteiger partial charge on any atom is 1.00 e. The van der Waals surface area contributed by atoms with Gasteiger partial charge in [-0.2, -0.15) is 0 Å². The predicted octanol–water partition coefficient (Wildman–Crippen LogP) is -2.07. The Balaban J connectivity index is 0.00000196. The van der Waals surface area contributed by atoms with Crippen molar-refractivity contribution in [3.05, 3.63) is 24.0 Å². The van der Waals surface area contributed by atoms with Gasteiger partial charge in [-0.1, -0.05) is 11.5 Å². The third-order valence-electron chi connectivity index (χ3n) is 1.57. The fourth-order valence-electron chi connectivity index (χ4n) is 0.949. The molecule has 0 aliphatic carbocycles. The van der Waals surface area contributed by atoms with Gasteiger partial charge in [0.15, 0.2) is 0 Å². The van der Waals surface area contributed by atoms with Crippen LogP contribution in [0, 0.1) is 0 Å². The maximum atomic E-state index is 12.4. The first-order chi connectivity index (χ1) is 6.46. The first-order valence-corrected chi connectivity index (χ1v) is 3.70.